The number of nitrogens with one attached hydrogen (secondary N) is 2. The molecule has 1 saturated carbocycles. The molecule has 24 heavy (non-hydrogen) atoms. The monoisotopic (exact) mass is 319 g/mol. The minimum atomic E-state index is -1.05. The van der Waals surface area contributed by atoms with Crippen molar-refractivity contribution in [2.45, 2.75) is 19.8 Å². The van der Waals surface area contributed by atoms with Crippen LogP contribution in [-0.2, 0) is 9.59 Å². The average molecular weight is 319 g/mol. The number of aryl methyl sites for hydroxylation is 1. The van der Waals surface area contributed by atoms with Gasteiger partial charge in [-0.2, -0.15) is 5.26 Å². The van der Waals surface area contributed by atoms with Crippen LogP contribution in [0.5, 0.6) is 0 Å². The molecule has 0 heterocycles. The number of para-hydroxylation sites is 1. The fraction of sp³-hybridized carbons (Fsp3) is 0.211. The number of hydrogen-bond acceptors (Lipinski definition) is 3. The van der Waals surface area contributed by atoms with E-state index in [4.69, 9.17) is 5.26 Å². The third-order valence-electron chi connectivity index (χ3n) is 4.19. The second kappa shape index (κ2) is 6.17. The van der Waals surface area contributed by atoms with Crippen molar-refractivity contribution < 1.29 is 9.59 Å². The molecule has 2 aromatic carbocycles. The molecular weight excluding hydrogens is 302 g/mol. The largest absolute Gasteiger partial charge is 0.325 e. The summed E-state index contributed by atoms with van der Waals surface area (Å²) in [5.41, 5.74) is 1.47. The van der Waals surface area contributed by atoms with Crippen molar-refractivity contribution in [2.75, 3.05) is 10.6 Å². The van der Waals surface area contributed by atoms with E-state index in [0.29, 0.717) is 29.8 Å². The molecule has 0 spiro atoms. The van der Waals surface area contributed by atoms with Gasteiger partial charge in [-0.05, 0) is 49.6 Å². The topological polar surface area (TPSA) is 82.0 Å². The van der Waals surface area contributed by atoms with E-state index in [1.807, 2.05) is 31.2 Å². The maximum absolute atomic E-state index is 12.6. The number of benzene rings is 2. The molecule has 5 nitrogen and oxygen atoms in total. The molecule has 0 aromatic heterocycles. The smallest absolute Gasteiger partial charge is 0.240 e. The van der Waals surface area contributed by atoms with Gasteiger partial charge in [0.1, 0.15) is 11.5 Å². The summed E-state index contributed by atoms with van der Waals surface area (Å²) in [5, 5.41) is 14.6. The summed E-state index contributed by atoms with van der Waals surface area (Å²) < 4.78 is 0. The van der Waals surface area contributed by atoms with E-state index >= 15 is 0 Å². The molecule has 1 aliphatic rings. The summed E-state index contributed by atoms with van der Waals surface area (Å²) >= 11 is 0. The van der Waals surface area contributed by atoms with Crippen LogP contribution in [0.4, 0.5) is 11.4 Å². The lowest BCUT2D eigenvalue weighted by Crippen LogP contribution is -2.35. The molecule has 0 unspecified atom stereocenters. The Morgan fingerprint density at radius 3 is 2.42 bits per heavy atom. The van der Waals surface area contributed by atoms with Crippen LogP contribution < -0.4 is 10.6 Å². The highest BCUT2D eigenvalue weighted by molar-refractivity contribution is 6.17. The number of amides is 2. The number of rotatable bonds is 4. The first-order chi connectivity index (χ1) is 11.5. The number of anilines is 2. The first-order valence-electron chi connectivity index (χ1n) is 7.74. The molecule has 2 N–H and O–H groups in total. The number of carbonyl (C=O) groups excluding carboxylic acids is 2. The Morgan fingerprint density at radius 2 is 1.75 bits per heavy atom. The Kier molecular flexibility index (Phi) is 4.05. The molecule has 3 rings (SSSR count). The Morgan fingerprint density at radius 1 is 1.04 bits per heavy atom. The number of nitriles is 1. The maximum atomic E-state index is 12.6. The van der Waals surface area contributed by atoms with Gasteiger partial charge in [0.05, 0.1) is 11.3 Å². The highest BCUT2D eigenvalue weighted by Gasteiger charge is 2.56. The zero-order valence-electron chi connectivity index (χ0n) is 13.3. The highest BCUT2D eigenvalue weighted by atomic mass is 16.2. The van der Waals surface area contributed by atoms with Crippen molar-refractivity contribution in [1.82, 2.24) is 0 Å². The van der Waals surface area contributed by atoms with Crippen molar-refractivity contribution >= 4 is 23.2 Å². The molecule has 1 fully saturated rings. The summed E-state index contributed by atoms with van der Waals surface area (Å²) in [4.78, 5) is 25.1. The van der Waals surface area contributed by atoms with Crippen molar-refractivity contribution in [3.63, 3.8) is 0 Å². The third kappa shape index (κ3) is 2.99. The Balaban J connectivity index is 1.74. The Hall–Kier alpha value is -3.13. The molecule has 0 aliphatic heterocycles. The van der Waals surface area contributed by atoms with Crippen molar-refractivity contribution in [3.05, 3.63) is 59.7 Å². The van der Waals surface area contributed by atoms with Crippen LogP contribution in [-0.4, -0.2) is 11.8 Å². The quantitative estimate of drug-likeness (QED) is 0.849. The number of carbonyl (C=O) groups is 2. The molecule has 120 valence electrons. The normalized spacial score (nSPS) is 14.3. The molecule has 2 aromatic rings. The van der Waals surface area contributed by atoms with Gasteiger partial charge in [-0.25, -0.2) is 0 Å². The van der Waals surface area contributed by atoms with Crippen molar-refractivity contribution in [2.24, 2.45) is 5.41 Å². The summed E-state index contributed by atoms with van der Waals surface area (Å²) in [6, 6.07) is 16.2. The summed E-state index contributed by atoms with van der Waals surface area (Å²) in [5.74, 6) is -0.671. The van der Waals surface area contributed by atoms with Gasteiger partial charge >= 0.3 is 0 Å². The van der Waals surface area contributed by atoms with Gasteiger partial charge in [0.2, 0.25) is 11.8 Å². The minimum absolute atomic E-state index is 0.306. The molecule has 0 bridgehead atoms. The van der Waals surface area contributed by atoms with Gasteiger partial charge in [0.25, 0.3) is 0 Å². The second-order valence-corrected chi connectivity index (χ2v) is 6.02. The highest BCUT2D eigenvalue weighted by Crippen LogP contribution is 2.47. The van der Waals surface area contributed by atoms with Crippen LogP contribution in [0.1, 0.15) is 24.0 Å². The molecule has 0 radical (unpaired) electrons. The molecule has 0 saturated heterocycles. The Bertz CT molecular complexity index is 848. The average Bonchev–Trinajstić information content (AvgIpc) is 3.37. The van der Waals surface area contributed by atoms with Crippen LogP contribution in [0.25, 0.3) is 0 Å². The van der Waals surface area contributed by atoms with Gasteiger partial charge in [0, 0.05) is 5.69 Å². The maximum Gasteiger partial charge on any atom is 0.240 e. The lowest BCUT2D eigenvalue weighted by Gasteiger charge is -2.16. The first-order valence-corrected chi connectivity index (χ1v) is 7.74. The van der Waals surface area contributed by atoms with Gasteiger partial charge in [-0.1, -0.05) is 24.3 Å². The summed E-state index contributed by atoms with van der Waals surface area (Å²) in [6.07, 6.45) is 1.01. The minimum Gasteiger partial charge on any atom is -0.325 e. The van der Waals surface area contributed by atoms with Gasteiger partial charge in [-0.15, -0.1) is 0 Å². The molecule has 1 aliphatic carbocycles. The van der Waals surface area contributed by atoms with Crippen molar-refractivity contribution in [1.29, 1.82) is 5.26 Å². The zero-order valence-corrected chi connectivity index (χ0v) is 13.3. The van der Waals surface area contributed by atoms with Crippen LogP contribution in [0, 0.1) is 23.7 Å². The van der Waals surface area contributed by atoms with E-state index < -0.39 is 5.41 Å². The Labute approximate surface area is 140 Å². The van der Waals surface area contributed by atoms with Gasteiger partial charge in [-0.3, -0.25) is 9.59 Å². The fourth-order valence-electron chi connectivity index (χ4n) is 2.59. The van der Waals surface area contributed by atoms with Gasteiger partial charge in [0.15, 0.2) is 0 Å². The third-order valence-corrected chi connectivity index (χ3v) is 4.19. The molecule has 0 atom stereocenters. The molecule has 5 heteroatoms. The van der Waals surface area contributed by atoms with E-state index in [0.717, 1.165) is 5.56 Å². The van der Waals surface area contributed by atoms with E-state index in [1.54, 1.807) is 30.3 Å². The van der Waals surface area contributed by atoms with Gasteiger partial charge < -0.3 is 10.6 Å². The molecular formula is C19H17N3O2. The second-order valence-electron chi connectivity index (χ2n) is 6.02. The predicted octanol–water partition coefficient (Wildman–Crippen LogP) is 3.22. The van der Waals surface area contributed by atoms with Crippen LogP contribution in [0.3, 0.4) is 0 Å². The number of nitrogens with zero attached hydrogens (tertiary/aromatic N) is 1. The van der Waals surface area contributed by atoms with E-state index in [2.05, 4.69) is 10.6 Å². The lowest BCUT2D eigenvalue weighted by atomic mass is 10.0. The standard InChI is InChI=1S/C19H17N3O2/c1-13-5-4-7-15(11-13)21-17(23)19(9-10-19)18(24)22-16-8-3-2-6-14(16)12-20/h2-8,11H,9-10H2,1H3,(H,21,23)(H,22,24). The number of hydrogen-bond donors (Lipinski definition) is 2. The summed E-state index contributed by atoms with van der Waals surface area (Å²) in [7, 11) is 0. The first kappa shape index (κ1) is 15.8. The summed E-state index contributed by atoms with van der Waals surface area (Å²) in [6.45, 7) is 1.94. The van der Waals surface area contributed by atoms with Crippen LogP contribution in [0.2, 0.25) is 0 Å². The lowest BCUT2D eigenvalue weighted by molar-refractivity contribution is -0.131. The molecule has 2 amide bonds. The van der Waals surface area contributed by atoms with E-state index in [9.17, 15) is 9.59 Å². The van der Waals surface area contributed by atoms with Crippen LogP contribution in [0.15, 0.2) is 48.5 Å². The predicted molar refractivity (Wildman–Crippen MR) is 91.3 cm³/mol. The zero-order chi connectivity index (χ0) is 17.2. The van der Waals surface area contributed by atoms with E-state index in [1.165, 1.54) is 0 Å². The van der Waals surface area contributed by atoms with Crippen LogP contribution >= 0.6 is 0 Å². The van der Waals surface area contributed by atoms with Crippen molar-refractivity contribution in [3.8, 4) is 6.07 Å². The SMILES string of the molecule is Cc1cccc(NC(=O)C2(C(=O)Nc3ccccc3C#N)CC2)c1. The fourth-order valence-corrected chi connectivity index (χ4v) is 2.59. The van der Waals surface area contributed by atoms with E-state index in [-0.39, 0.29) is 11.8 Å².